The van der Waals surface area contributed by atoms with E-state index in [1.807, 2.05) is 12.1 Å². The number of carbonyl (C=O) groups excluding carboxylic acids is 2. The second kappa shape index (κ2) is 8.34. The summed E-state index contributed by atoms with van der Waals surface area (Å²) < 4.78 is 11.4. The maximum Gasteiger partial charge on any atom is 0.296 e. The summed E-state index contributed by atoms with van der Waals surface area (Å²) in [4.78, 5) is 33.1. The molecule has 1 N–H and O–H groups in total. The van der Waals surface area contributed by atoms with Gasteiger partial charge in [-0.05, 0) is 47.3 Å². The summed E-state index contributed by atoms with van der Waals surface area (Å²) in [5, 5.41) is 13.0. The maximum atomic E-state index is 13.4. The number of thiophene rings is 1. The number of rotatable bonds is 6. The fourth-order valence-electron chi connectivity index (χ4n) is 3.80. The van der Waals surface area contributed by atoms with Gasteiger partial charge in [0, 0.05) is 0 Å². The summed E-state index contributed by atoms with van der Waals surface area (Å²) in [5.41, 5.74) is 1.38. The van der Waals surface area contributed by atoms with Gasteiger partial charge in [0.15, 0.2) is 10.9 Å². The second-order valence-corrected chi connectivity index (χ2v) is 9.21. The molecule has 7 nitrogen and oxygen atoms in total. The molecule has 9 heteroatoms. The molecule has 1 aliphatic rings. The summed E-state index contributed by atoms with van der Waals surface area (Å²) in [6, 6.07) is 15.1. The average molecular weight is 479 g/mol. The number of hydrogen-bond acceptors (Lipinski definition) is 8. The van der Waals surface area contributed by atoms with Crippen molar-refractivity contribution >= 4 is 49.7 Å². The van der Waals surface area contributed by atoms with Crippen LogP contribution in [-0.2, 0) is 4.79 Å². The molecular weight excluding hydrogens is 460 g/mol. The van der Waals surface area contributed by atoms with Crippen molar-refractivity contribution in [3.63, 3.8) is 0 Å². The number of carbonyl (C=O) groups is 2. The van der Waals surface area contributed by atoms with Crippen LogP contribution in [0.2, 0.25) is 0 Å². The Morgan fingerprint density at radius 1 is 1.06 bits per heavy atom. The van der Waals surface area contributed by atoms with Crippen LogP contribution in [0, 0.1) is 0 Å². The SMILES string of the molecule is COc1ccc([C@H]2C(C(=O)c3cccs3)=C(O)C(=O)N2c2nc3ccc(OC)cc3s2)cc1. The lowest BCUT2D eigenvalue weighted by Crippen LogP contribution is -2.30. The van der Waals surface area contributed by atoms with Gasteiger partial charge in [0.1, 0.15) is 11.5 Å². The molecular formula is C24H18N2O5S2. The zero-order chi connectivity index (χ0) is 23.1. The number of fused-ring (bicyclic) bond motifs is 1. The van der Waals surface area contributed by atoms with Crippen molar-refractivity contribution in [3.8, 4) is 11.5 Å². The monoisotopic (exact) mass is 478 g/mol. The van der Waals surface area contributed by atoms with E-state index in [9.17, 15) is 14.7 Å². The Morgan fingerprint density at radius 2 is 1.79 bits per heavy atom. The van der Waals surface area contributed by atoms with E-state index in [4.69, 9.17) is 9.47 Å². The number of aliphatic hydroxyl groups is 1. The molecule has 0 saturated heterocycles. The zero-order valence-electron chi connectivity index (χ0n) is 17.6. The van der Waals surface area contributed by atoms with Crippen molar-refractivity contribution in [2.24, 2.45) is 0 Å². The van der Waals surface area contributed by atoms with E-state index in [0.29, 0.717) is 32.6 Å². The largest absolute Gasteiger partial charge is 0.503 e. The molecule has 3 heterocycles. The molecule has 1 amide bonds. The Bertz CT molecular complexity index is 1390. The third-order valence-electron chi connectivity index (χ3n) is 5.42. The highest BCUT2D eigenvalue weighted by molar-refractivity contribution is 7.22. The summed E-state index contributed by atoms with van der Waals surface area (Å²) in [6.07, 6.45) is 0. The molecule has 33 heavy (non-hydrogen) atoms. The number of methoxy groups -OCH3 is 2. The highest BCUT2D eigenvalue weighted by Crippen LogP contribution is 2.45. The molecule has 1 aliphatic heterocycles. The Hall–Kier alpha value is -3.69. The van der Waals surface area contributed by atoms with Crippen molar-refractivity contribution in [1.29, 1.82) is 0 Å². The van der Waals surface area contributed by atoms with E-state index in [1.54, 1.807) is 62.1 Å². The quantitative estimate of drug-likeness (QED) is 0.385. The third-order valence-corrected chi connectivity index (χ3v) is 7.31. The normalized spacial score (nSPS) is 16.0. The highest BCUT2D eigenvalue weighted by atomic mass is 32.1. The number of aliphatic hydroxyl groups excluding tert-OH is 1. The van der Waals surface area contributed by atoms with Gasteiger partial charge in [0.2, 0.25) is 5.78 Å². The summed E-state index contributed by atoms with van der Waals surface area (Å²) >= 11 is 2.55. The standard InChI is InChI=1S/C24H18N2O5S2/c1-30-14-7-5-13(6-8-14)20-19(21(27)17-4-3-11-32-17)22(28)23(29)26(20)24-25-16-10-9-15(31-2)12-18(16)33-24/h3-12,20,28H,1-2H3/t20-/m0/s1. The molecule has 0 fully saturated rings. The van der Waals surface area contributed by atoms with Gasteiger partial charge in [-0.2, -0.15) is 0 Å². The predicted octanol–water partition coefficient (Wildman–Crippen LogP) is 5.16. The van der Waals surface area contributed by atoms with Crippen LogP contribution in [0.15, 0.2) is 71.3 Å². The number of benzene rings is 2. The van der Waals surface area contributed by atoms with Crippen LogP contribution in [0.1, 0.15) is 21.3 Å². The maximum absolute atomic E-state index is 13.4. The molecule has 1 atom stereocenters. The second-order valence-electron chi connectivity index (χ2n) is 7.25. The minimum absolute atomic E-state index is 0.0319. The van der Waals surface area contributed by atoms with Crippen molar-refractivity contribution < 1.29 is 24.2 Å². The van der Waals surface area contributed by atoms with Crippen LogP contribution in [0.5, 0.6) is 11.5 Å². The van der Waals surface area contributed by atoms with Crippen LogP contribution in [0.4, 0.5) is 5.13 Å². The van der Waals surface area contributed by atoms with Crippen molar-refractivity contribution in [3.05, 3.63) is 81.8 Å². The lowest BCUT2D eigenvalue weighted by Gasteiger charge is -2.24. The molecule has 0 radical (unpaired) electrons. The minimum Gasteiger partial charge on any atom is -0.503 e. The number of aromatic nitrogens is 1. The van der Waals surface area contributed by atoms with Gasteiger partial charge in [-0.3, -0.25) is 14.5 Å². The van der Waals surface area contributed by atoms with Gasteiger partial charge in [-0.1, -0.05) is 29.5 Å². The fraction of sp³-hybridized carbons (Fsp3) is 0.125. The lowest BCUT2D eigenvalue weighted by atomic mass is 9.95. The van der Waals surface area contributed by atoms with E-state index in [0.717, 1.165) is 4.70 Å². The lowest BCUT2D eigenvalue weighted by molar-refractivity contribution is -0.117. The molecule has 4 aromatic rings. The smallest absolute Gasteiger partial charge is 0.296 e. The van der Waals surface area contributed by atoms with E-state index < -0.39 is 17.7 Å². The molecule has 0 unspecified atom stereocenters. The van der Waals surface area contributed by atoms with Gasteiger partial charge in [-0.15, -0.1) is 11.3 Å². The number of hydrogen-bond donors (Lipinski definition) is 1. The topological polar surface area (TPSA) is 89.0 Å². The number of nitrogens with zero attached hydrogens (tertiary/aromatic N) is 2. The number of amides is 1. The first kappa shape index (κ1) is 21.2. The van der Waals surface area contributed by atoms with Gasteiger partial charge < -0.3 is 14.6 Å². The van der Waals surface area contributed by atoms with E-state index >= 15 is 0 Å². The molecule has 0 aliphatic carbocycles. The van der Waals surface area contributed by atoms with Crippen LogP contribution < -0.4 is 14.4 Å². The molecule has 2 aromatic heterocycles. The Kier molecular flexibility index (Phi) is 5.35. The molecule has 0 saturated carbocycles. The molecule has 0 bridgehead atoms. The van der Waals surface area contributed by atoms with Crippen molar-refractivity contribution in [2.75, 3.05) is 19.1 Å². The van der Waals surface area contributed by atoms with E-state index in [-0.39, 0.29) is 11.4 Å². The van der Waals surface area contributed by atoms with Gasteiger partial charge in [0.25, 0.3) is 5.91 Å². The van der Waals surface area contributed by atoms with Crippen LogP contribution >= 0.6 is 22.7 Å². The van der Waals surface area contributed by atoms with Crippen LogP contribution in [0.3, 0.4) is 0 Å². The van der Waals surface area contributed by atoms with E-state index in [1.165, 1.54) is 27.6 Å². The molecule has 166 valence electrons. The molecule has 0 spiro atoms. The van der Waals surface area contributed by atoms with E-state index in [2.05, 4.69) is 4.98 Å². The summed E-state index contributed by atoms with van der Waals surface area (Å²) in [5.74, 6) is -0.303. The van der Waals surface area contributed by atoms with Gasteiger partial charge in [0.05, 0.1) is 40.9 Å². The Morgan fingerprint density at radius 3 is 2.45 bits per heavy atom. The zero-order valence-corrected chi connectivity index (χ0v) is 19.3. The third kappa shape index (κ3) is 3.55. The van der Waals surface area contributed by atoms with Crippen LogP contribution in [0.25, 0.3) is 10.2 Å². The number of thiazole rings is 1. The Labute approximate surface area is 197 Å². The first-order valence-electron chi connectivity index (χ1n) is 9.95. The van der Waals surface area contributed by atoms with Crippen molar-refractivity contribution in [1.82, 2.24) is 4.98 Å². The highest BCUT2D eigenvalue weighted by Gasteiger charge is 2.46. The number of ether oxygens (including phenoxy) is 2. The Balaban J connectivity index is 1.66. The van der Waals surface area contributed by atoms with Gasteiger partial charge >= 0.3 is 0 Å². The predicted molar refractivity (Wildman–Crippen MR) is 128 cm³/mol. The number of anilines is 1. The van der Waals surface area contributed by atoms with Crippen LogP contribution in [-0.4, -0.2) is 36.0 Å². The first-order valence-corrected chi connectivity index (χ1v) is 11.6. The number of Topliss-reactive ketones (excluding diaryl/α,β-unsaturated/α-hetero) is 1. The minimum atomic E-state index is -0.833. The molecule has 2 aromatic carbocycles. The van der Waals surface area contributed by atoms with Crippen molar-refractivity contribution in [2.45, 2.75) is 6.04 Å². The van der Waals surface area contributed by atoms with Gasteiger partial charge in [-0.25, -0.2) is 4.98 Å². The molecule has 5 rings (SSSR count). The number of ketones is 1. The summed E-state index contributed by atoms with van der Waals surface area (Å²) in [6.45, 7) is 0. The average Bonchev–Trinajstić information content (AvgIpc) is 3.57. The summed E-state index contributed by atoms with van der Waals surface area (Å²) in [7, 11) is 3.14. The fourth-order valence-corrected chi connectivity index (χ4v) is 5.50. The first-order chi connectivity index (χ1) is 16.0.